The van der Waals surface area contributed by atoms with Crippen LogP contribution >= 0.6 is 0 Å². The average molecular weight is 506 g/mol. The smallest absolute Gasteiger partial charge is 0.297 e. The van der Waals surface area contributed by atoms with Gasteiger partial charge in [-0.05, 0) is 62.9 Å². The van der Waals surface area contributed by atoms with Gasteiger partial charge in [0.15, 0.2) is 5.82 Å². The van der Waals surface area contributed by atoms with E-state index < -0.39 is 17.3 Å². The Morgan fingerprint density at radius 2 is 2.03 bits per heavy atom. The zero-order valence-corrected chi connectivity index (χ0v) is 21.1. The lowest BCUT2D eigenvalue weighted by atomic mass is 10.0. The molecule has 1 heterocycles. The molecular weight excluding hydrogens is 473 g/mol. The second-order valence-corrected chi connectivity index (χ2v) is 9.72. The molecule has 0 spiro atoms. The van der Waals surface area contributed by atoms with Crippen molar-refractivity contribution in [2.45, 2.75) is 51.1 Å². The van der Waals surface area contributed by atoms with E-state index in [1.807, 2.05) is 31.2 Å². The van der Waals surface area contributed by atoms with Crippen molar-refractivity contribution in [3.63, 3.8) is 0 Å². The predicted octanol–water partition coefficient (Wildman–Crippen LogP) is 3.66. The first-order valence-electron chi connectivity index (χ1n) is 12.8. The number of rotatable bonds is 11. The van der Waals surface area contributed by atoms with Crippen LogP contribution in [0.2, 0.25) is 0 Å². The van der Waals surface area contributed by atoms with Crippen molar-refractivity contribution >= 4 is 11.7 Å². The summed E-state index contributed by atoms with van der Waals surface area (Å²) >= 11 is 0. The lowest BCUT2D eigenvalue weighted by molar-refractivity contribution is 0.0947. The molecule has 8 nitrogen and oxygen atoms in total. The standard InChI is InChI=1S/C28H32FN5O3/c1-3-30-13-15-37-24-7-5-4-6-21(24)28(10-11-28)33-25-27(36)34(14-12-31-25)23-17-20(22(29)16-18(23)2)26(35)32-19-8-9-19/h4-7,12,14,16-17,19,30H,3,8-11,13,15H2,1-2H3,(H,31,33)(H,32,35). The molecule has 2 aromatic carbocycles. The molecule has 37 heavy (non-hydrogen) atoms. The fraction of sp³-hybridized carbons (Fsp3) is 0.393. The Kier molecular flexibility index (Phi) is 6.97. The van der Waals surface area contributed by atoms with Gasteiger partial charge in [-0.3, -0.25) is 14.2 Å². The average Bonchev–Trinajstić information content (AvgIpc) is 3.82. The number of nitrogens with one attached hydrogen (secondary N) is 3. The van der Waals surface area contributed by atoms with Crippen molar-refractivity contribution < 1.29 is 13.9 Å². The Bertz CT molecular complexity index is 1360. The van der Waals surface area contributed by atoms with E-state index in [-0.39, 0.29) is 23.0 Å². The molecule has 9 heteroatoms. The first-order chi connectivity index (χ1) is 17.9. The maximum atomic E-state index is 14.6. The van der Waals surface area contributed by atoms with Gasteiger partial charge < -0.3 is 20.7 Å². The number of likely N-dealkylation sites (N-methyl/N-ethyl adjacent to an activating group) is 1. The second kappa shape index (κ2) is 10.3. The van der Waals surface area contributed by atoms with Gasteiger partial charge in [0, 0.05) is 30.5 Å². The summed E-state index contributed by atoms with van der Waals surface area (Å²) < 4.78 is 22.1. The van der Waals surface area contributed by atoms with E-state index in [1.54, 1.807) is 6.92 Å². The second-order valence-electron chi connectivity index (χ2n) is 9.72. The fourth-order valence-corrected chi connectivity index (χ4v) is 4.48. The normalized spacial score (nSPS) is 15.8. The summed E-state index contributed by atoms with van der Waals surface area (Å²) in [5.41, 5.74) is 1.07. The quantitative estimate of drug-likeness (QED) is 0.344. The molecule has 0 unspecified atom stereocenters. The first-order valence-corrected chi connectivity index (χ1v) is 12.8. The number of amides is 1. The van der Waals surface area contributed by atoms with Crippen molar-refractivity contribution in [3.8, 4) is 11.4 Å². The number of carbonyl (C=O) groups excluding carboxylic acids is 1. The summed E-state index contributed by atoms with van der Waals surface area (Å²) in [6, 6.07) is 10.7. The van der Waals surface area contributed by atoms with Gasteiger partial charge in [-0.2, -0.15) is 0 Å². The summed E-state index contributed by atoms with van der Waals surface area (Å²) in [5.74, 6) is -0.107. The number of benzene rings is 2. The number of nitrogens with zero attached hydrogens (tertiary/aromatic N) is 2. The van der Waals surface area contributed by atoms with Crippen LogP contribution in [0.25, 0.3) is 5.69 Å². The monoisotopic (exact) mass is 505 g/mol. The van der Waals surface area contributed by atoms with Crippen LogP contribution in [0.5, 0.6) is 5.75 Å². The Labute approximate surface area is 215 Å². The lowest BCUT2D eigenvalue weighted by Crippen LogP contribution is -2.30. The van der Waals surface area contributed by atoms with Gasteiger partial charge in [0.1, 0.15) is 18.2 Å². The third-order valence-electron chi connectivity index (χ3n) is 6.84. The number of aromatic nitrogens is 2. The van der Waals surface area contributed by atoms with Crippen LogP contribution in [-0.2, 0) is 5.54 Å². The van der Waals surface area contributed by atoms with Gasteiger partial charge >= 0.3 is 0 Å². The van der Waals surface area contributed by atoms with E-state index in [9.17, 15) is 14.0 Å². The van der Waals surface area contributed by atoms with Crippen LogP contribution in [0.4, 0.5) is 10.2 Å². The van der Waals surface area contributed by atoms with E-state index in [2.05, 4.69) is 20.9 Å². The van der Waals surface area contributed by atoms with E-state index in [0.717, 1.165) is 50.1 Å². The number of anilines is 1. The van der Waals surface area contributed by atoms with Crippen molar-refractivity contribution in [2.75, 3.05) is 25.0 Å². The molecule has 194 valence electrons. The number of para-hydroxylation sites is 1. The Balaban J connectivity index is 1.43. The predicted molar refractivity (Wildman–Crippen MR) is 140 cm³/mol. The molecule has 1 aromatic heterocycles. The van der Waals surface area contributed by atoms with Gasteiger partial charge in [-0.1, -0.05) is 25.1 Å². The molecule has 2 aliphatic rings. The lowest BCUT2D eigenvalue weighted by Gasteiger charge is -2.22. The Morgan fingerprint density at radius 3 is 2.76 bits per heavy atom. The molecule has 0 saturated heterocycles. The van der Waals surface area contributed by atoms with Gasteiger partial charge in [-0.15, -0.1) is 0 Å². The van der Waals surface area contributed by atoms with Crippen molar-refractivity contribution in [1.29, 1.82) is 0 Å². The van der Waals surface area contributed by atoms with Crippen LogP contribution in [0.15, 0.2) is 53.6 Å². The van der Waals surface area contributed by atoms with Crippen LogP contribution in [0, 0.1) is 12.7 Å². The van der Waals surface area contributed by atoms with Crippen LogP contribution in [0.3, 0.4) is 0 Å². The molecule has 0 aliphatic heterocycles. The summed E-state index contributed by atoms with van der Waals surface area (Å²) in [6.45, 7) is 5.92. The topological polar surface area (TPSA) is 97.3 Å². The minimum Gasteiger partial charge on any atom is -0.492 e. The number of hydrogen-bond donors (Lipinski definition) is 3. The summed E-state index contributed by atoms with van der Waals surface area (Å²) in [4.78, 5) is 30.5. The fourth-order valence-electron chi connectivity index (χ4n) is 4.48. The molecule has 2 fully saturated rings. The highest BCUT2D eigenvalue weighted by molar-refractivity contribution is 5.95. The van der Waals surface area contributed by atoms with Gasteiger partial charge in [-0.25, -0.2) is 9.37 Å². The van der Waals surface area contributed by atoms with Gasteiger partial charge in [0.05, 0.1) is 16.8 Å². The largest absolute Gasteiger partial charge is 0.492 e. The maximum Gasteiger partial charge on any atom is 0.297 e. The van der Waals surface area contributed by atoms with Crippen molar-refractivity contribution in [1.82, 2.24) is 20.2 Å². The van der Waals surface area contributed by atoms with Gasteiger partial charge in [0.2, 0.25) is 0 Å². The van der Waals surface area contributed by atoms with Crippen LogP contribution in [0.1, 0.15) is 54.1 Å². The van der Waals surface area contributed by atoms with Crippen molar-refractivity contribution in [3.05, 3.63) is 81.7 Å². The molecule has 2 saturated carbocycles. The molecule has 3 aromatic rings. The number of ether oxygens (including phenoxy) is 1. The number of carbonyl (C=O) groups is 1. The highest BCUT2D eigenvalue weighted by atomic mass is 19.1. The van der Waals surface area contributed by atoms with E-state index in [1.165, 1.54) is 29.1 Å². The molecule has 2 aliphatic carbocycles. The summed E-state index contributed by atoms with van der Waals surface area (Å²) in [6.07, 6.45) is 6.53. The highest BCUT2D eigenvalue weighted by Crippen LogP contribution is 2.50. The highest BCUT2D eigenvalue weighted by Gasteiger charge is 2.47. The first kappa shape index (κ1) is 25.0. The SMILES string of the molecule is CCNCCOc1ccccc1C1(Nc2nccn(-c3cc(C(=O)NC4CC4)c(F)cc3C)c2=O)CC1. The van der Waals surface area contributed by atoms with Crippen molar-refractivity contribution in [2.24, 2.45) is 0 Å². The zero-order valence-electron chi connectivity index (χ0n) is 21.1. The summed E-state index contributed by atoms with van der Waals surface area (Å²) in [5, 5.41) is 9.44. The van der Waals surface area contributed by atoms with E-state index >= 15 is 0 Å². The Hall–Kier alpha value is -3.72. The number of halogens is 1. The molecule has 1 amide bonds. The summed E-state index contributed by atoms with van der Waals surface area (Å²) in [7, 11) is 0. The molecule has 0 bridgehead atoms. The van der Waals surface area contributed by atoms with Crippen LogP contribution < -0.4 is 26.2 Å². The molecular formula is C28H32FN5O3. The third-order valence-corrected chi connectivity index (χ3v) is 6.84. The zero-order chi connectivity index (χ0) is 26.0. The maximum absolute atomic E-state index is 14.6. The van der Waals surface area contributed by atoms with E-state index in [0.29, 0.717) is 17.9 Å². The number of hydrogen-bond acceptors (Lipinski definition) is 6. The molecule has 3 N–H and O–H groups in total. The van der Waals surface area contributed by atoms with E-state index in [4.69, 9.17) is 4.74 Å². The molecule has 0 atom stereocenters. The van der Waals surface area contributed by atoms with Gasteiger partial charge in [0.25, 0.3) is 11.5 Å². The Morgan fingerprint density at radius 1 is 1.24 bits per heavy atom. The van der Waals surface area contributed by atoms with Crippen LogP contribution in [-0.4, -0.2) is 41.2 Å². The minimum absolute atomic E-state index is 0.0759. The molecule has 5 rings (SSSR count). The minimum atomic E-state index is -0.609. The third kappa shape index (κ3) is 5.36. The molecule has 0 radical (unpaired) electrons. The number of aryl methyl sites for hydroxylation is 1.